The molecule has 0 fully saturated rings. The van der Waals surface area contributed by atoms with Crippen molar-refractivity contribution in [2.75, 3.05) is 31.3 Å². The van der Waals surface area contributed by atoms with E-state index in [0.717, 1.165) is 24.5 Å². The van der Waals surface area contributed by atoms with E-state index >= 15 is 0 Å². The molecule has 114 valence electrons. The quantitative estimate of drug-likeness (QED) is 0.329. The number of carbonyl (C=O) groups is 1. The Labute approximate surface area is 122 Å². The lowest BCUT2D eigenvalue weighted by molar-refractivity contribution is 0.0594. The third-order valence-corrected chi connectivity index (χ3v) is 6.30. The highest BCUT2D eigenvalue weighted by atomic mass is 32.2. The Morgan fingerprint density at radius 1 is 1.05 bits per heavy atom. The van der Waals surface area contributed by atoms with Crippen molar-refractivity contribution < 1.29 is 18.7 Å². The first-order valence-electron chi connectivity index (χ1n) is 7.03. The molecule has 6 heteroatoms. The van der Waals surface area contributed by atoms with Crippen LogP contribution in [-0.2, 0) is 13.9 Å². The Kier molecular flexibility index (Phi) is 11.5. The first-order valence-corrected chi connectivity index (χ1v) is 11.3. The van der Waals surface area contributed by atoms with Gasteiger partial charge in [0.25, 0.3) is 0 Å². The summed E-state index contributed by atoms with van der Waals surface area (Å²) in [5.41, 5.74) is 0. The Morgan fingerprint density at radius 2 is 1.74 bits per heavy atom. The zero-order valence-corrected chi connectivity index (χ0v) is 14.5. The summed E-state index contributed by atoms with van der Waals surface area (Å²) < 4.78 is 15.3. The maximum Gasteiger partial charge on any atom is 0.508 e. The highest BCUT2D eigenvalue weighted by Gasteiger charge is 2.20. The van der Waals surface area contributed by atoms with Gasteiger partial charge in [0.05, 0.1) is 13.2 Å². The number of thioether (sulfide) groups is 1. The predicted molar refractivity (Wildman–Crippen MR) is 83.4 cm³/mol. The monoisotopic (exact) mass is 308 g/mol. The molecule has 0 heterocycles. The molecule has 0 aliphatic rings. The highest BCUT2D eigenvalue weighted by molar-refractivity contribution is 7.99. The van der Waals surface area contributed by atoms with E-state index in [4.69, 9.17) is 9.16 Å². The van der Waals surface area contributed by atoms with Gasteiger partial charge in [0, 0.05) is 6.61 Å². The van der Waals surface area contributed by atoms with E-state index in [1.54, 1.807) is 6.92 Å². The van der Waals surface area contributed by atoms with Crippen LogP contribution in [0.1, 0.15) is 26.7 Å². The van der Waals surface area contributed by atoms with E-state index in [1.165, 1.54) is 12.5 Å². The molecule has 0 aromatic rings. The van der Waals surface area contributed by atoms with Crippen LogP contribution in [0, 0.1) is 0 Å². The van der Waals surface area contributed by atoms with Crippen LogP contribution in [0.25, 0.3) is 0 Å². The van der Waals surface area contributed by atoms with Gasteiger partial charge in [-0.1, -0.05) is 0 Å². The van der Waals surface area contributed by atoms with Gasteiger partial charge in [0.15, 0.2) is 8.32 Å². The molecule has 0 amide bonds. The fourth-order valence-electron chi connectivity index (χ4n) is 1.64. The van der Waals surface area contributed by atoms with Crippen LogP contribution >= 0.6 is 11.8 Å². The summed E-state index contributed by atoms with van der Waals surface area (Å²) in [6, 6.07) is 1.22. The molecule has 0 radical (unpaired) electrons. The largest absolute Gasteiger partial charge is 0.508 e. The first-order chi connectivity index (χ1) is 9.02. The van der Waals surface area contributed by atoms with E-state index in [1.807, 2.05) is 11.8 Å². The van der Waals surface area contributed by atoms with Gasteiger partial charge in [-0.3, -0.25) is 0 Å². The van der Waals surface area contributed by atoms with E-state index in [0.29, 0.717) is 13.2 Å². The summed E-state index contributed by atoms with van der Waals surface area (Å²) in [5.74, 6) is 2.18. The van der Waals surface area contributed by atoms with Crippen molar-refractivity contribution in [1.82, 2.24) is 0 Å². The summed E-state index contributed by atoms with van der Waals surface area (Å²) in [7, 11) is -1.40. The van der Waals surface area contributed by atoms with E-state index in [2.05, 4.69) is 24.8 Å². The second kappa shape index (κ2) is 11.6. The maximum atomic E-state index is 10.9. The molecule has 0 aromatic heterocycles. The van der Waals surface area contributed by atoms with Crippen LogP contribution in [0.15, 0.2) is 0 Å². The molecule has 0 aromatic carbocycles. The third kappa shape index (κ3) is 12.6. The minimum Gasteiger partial charge on any atom is -0.435 e. The fraction of sp³-hybridized carbons (Fsp3) is 0.923. The molecule has 0 rings (SSSR count). The molecule has 0 bridgehead atoms. The standard InChI is InChI=1S/C13H28O4SSi/c1-5-15-13(14)16-9-7-10-18-11-8-12-19(3,4)17-6-2/h5-12H2,1-4H3. The van der Waals surface area contributed by atoms with Crippen molar-refractivity contribution in [3.63, 3.8) is 0 Å². The van der Waals surface area contributed by atoms with Gasteiger partial charge in [-0.25, -0.2) is 4.79 Å². The zero-order chi connectivity index (χ0) is 14.6. The number of hydrogen-bond acceptors (Lipinski definition) is 5. The van der Waals surface area contributed by atoms with Gasteiger partial charge in [-0.2, -0.15) is 11.8 Å². The lowest BCUT2D eigenvalue weighted by atomic mass is 10.5. The molecule has 0 saturated carbocycles. The Hall–Kier alpha value is -0.203. The van der Waals surface area contributed by atoms with Crippen LogP contribution in [0.2, 0.25) is 19.1 Å². The van der Waals surface area contributed by atoms with Crippen molar-refractivity contribution in [1.29, 1.82) is 0 Å². The van der Waals surface area contributed by atoms with Gasteiger partial charge in [-0.05, 0) is 57.3 Å². The van der Waals surface area contributed by atoms with Crippen molar-refractivity contribution in [3.05, 3.63) is 0 Å². The van der Waals surface area contributed by atoms with E-state index in [9.17, 15) is 4.79 Å². The second-order valence-electron chi connectivity index (χ2n) is 4.79. The van der Waals surface area contributed by atoms with Crippen LogP contribution in [0.5, 0.6) is 0 Å². The Balaban J connectivity index is 3.30. The molecule has 4 nitrogen and oxygen atoms in total. The van der Waals surface area contributed by atoms with Gasteiger partial charge >= 0.3 is 6.16 Å². The summed E-state index contributed by atoms with van der Waals surface area (Å²) >= 11 is 1.91. The smallest absolute Gasteiger partial charge is 0.435 e. The van der Waals surface area contributed by atoms with Crippen molar-refractivity contribution in [2.45, 2.75) is 45.8 Å². The summed E-state index contributed by atoms with van der Waals surface area (Å²) in [5, 5.41) is 0. The van der Waals surface area contributed by atoms with Crippen LogP contribution in [0.4, 0.5) is 4.79 Å². The molecule has 0 N–H and O–H groups in total. The van der Waals surface area contributed by atoms with Gasteiger partial charge in [0.1, 0.15) is 0 Å². The summed E-state index contributed by atoms with van der Waals surface area (Å²) in [6.07, 6.45) is 1.54. The normalized spacial score (nSPS) is 11.4. The molecule has 0 atom stereocenters. The third-order valence-electron chi connectivity index (χ3n) is 2.52. The molecule has 0 unspecified atom stereocenters. The second-order valence-corrected chi connectivity index (χ2v) is 10.3. The lowest BCUT2D eigenvalue weighted by Gasteiger charge is -2.21. The molecule has 0 aliphatic carbocycles. The fourth-order valence-corrected chi connectivity index (χ4v) is 4.73. The zero-order valence-electron chi connectivity index (χ0n) is 12.7. The summed E-state index contributed by atoms with van der Waals surface area (Å²) in [6.45, 7) is 10.0. The van der Waals surface area contributed by atoms with Crippen molar-refractivity contribution >= 4 is 26.2 Å². The lowest BCUT2D eigenvalue weighted by Crippen LogP contribution is -2.30. The van der Waals surface area contributed by atoms with Crippen molar-refractivity contribution in [2.24, 2.45) is 0 Å². The van der Waals surface area contributed by atoms with Crippen LogP contribution in [-0.4, -0.2) is 45.8 Å². The molecular formula is C13H28O4SSi. The molecule has 19 heavy (non-hydrogen) atoms. The average molecular weight is 309 g/mol. The number of rotatable bonds is 11. The Morgan fingerprint density at radius 3 is 2.37 bits per heavy atom. The van der Waals surface area contributed by atoms with Crippen molar-refractivity contribution in [3.8, 4) is 0 Å². The molecular weight excluding hydrogens is 280 g/mol. The highest BCUT2D eigenvalue weighted by Crippen LogP contribution is 2.16. The van der Waals surface area contributed by atoms with Crippen LogP contribution in [0.3, 0.4) is 0 Å². The van der Waals surface area contributed by atoms with E-state index in [-0.39, 0.29) is 0 Å². The molecule has 0 saturated heterocycles. The minimum atomic E-state index is -1.40. The van der Waals surface area contributed by atoms with Gasteiger partial charge in [0.2, 0.25) is 0 Å². The Bertz CT molecular complexity index is 237. The average Bonchev–Trinajstić information content (AvgIpc) is 2.32. The number of carbonyl (C=O) groups excluding carboxylic acids is 1. The topological polar surface area (TPSA) is 44.8 Å². The van der Waals surface area contributed by atoms with E-state index < -0.39 is 14.5 Å². The minimum absolute atomic E-state index is 0.368. The first kappa shape index (κ1) is 18.8. The van der Waals surface area contributed by atoms with Gasteiger partial charge < -0.3 is 13.9 Å². The summed E-state index contributed by atoms with van der Waals surface area (Å²) in [4.78, 5) is 10.9. The van der Waals surface area contributed by atoms with Gasteiger partial charge in [-0.15, -0.1) is 0 Å². The maximum absolute atomic E-state index is 10.9. The number of ether oxygens (including phenoxy) is 2. The molecule has 0 spiro atoms. The molecule has 0 aliphatic heterocycles. The predicted octanol–water partition coefficient (Wildman–Crippen LogP) is 3.91. The number of hydrogen-bond donors (Lipinski definition) is 0. The van der Waals surface area contributed by atoms with Crippen LogP contribution < -0.4 is 0 Å². The SMILES string of the molecule is CCOC(=O)OCCCSCCC[Si](C)(C)OCC.